The fourth-order valence-electron chi connectivity index (χ4n) is 2.80. The highest BCUT2D eigenvalue weighted by atomic mass is 14.7. The predicted octanol–water partition coefficient (Wildman–Crippen LogP) is 3.19. The standard InChI is InChI=1S/C12H25N/c1-5-9-7-6-8-10(11(9)13)12(2,3)4/h9-11H,5-8,13H2,1-4H3. The van der Waals surface area contributed by atoms with Crippen LogP contribution in [0.4, 0.5) is 0 Å². The second kappa shape index (κ2) is 4.00. The smallest absolute Gasteiger partial charge is 0.0100 e. The zero-order valence-corrected chi connectivity index (χ0v) is 9.64. The Morgan fingerprint density at radius 1 is 1.23 bits per heavy atom. The maximum atomic E-state index is 6.32. The van der Waals surface area contributed by atoms with Crippen LogP contribution in [0.2, 0.25) is 0 Å². The van der Waals surface area contributed by atoms with E-state index in [2.05, 4.69) is 27.7 Å². The van der Waals surface area contributed by atoms with Gasteiger partial charge in [0.2, 0.25) is 0 Å². The lowest BCUT2D eigenvalue weighted by Crippen LogP contribution is -2.46. The van der Waals surface area contributed by atoms with Gasteiger partial charge in [0.05, 0.1) is 0 Å². The van der Waals surface area contributed by atoms with Crippen molar-refractivity contribution in [3.8, 4) is 0 Å². The van der Waals surface area contributed by atoms with Crippen LogP contribution in [0, 0.1) is 17.3 Å². The van der Waals surface area contributed by atoms with E-state index in [1.165, 1.54) is 25.7 Å². The monoisotopic (exact) mass is 183 g/mol. The van der Waals surface area contributed by atoms with E-state index in [-0.39, 0.29) is 0 Å². The van der Waals surface area contributed by atoms with Crippen LogP contribution in [0.15, 0.2) is 0 Å². The number of hydrogen-bond acceptors (Lipinski definition) is 1. The molecule has 0 aromatic carbocycles. The van der Waals surface area contributed by atoms with Gasteiger partial charge < -0.3 is 5.73 Å². The molecule has 0 saturated heterocycles. The second-order valence-corrected chi connectivity index (χ2v) is 5.65. The van der Waals surface area contributed by atoms with Gasteiger partial charge in [0, 0.05) is 6.04 Å². The summed E-state index contributed by atoms with van der Waals surface area (Å²) in [7, 11) is 0. The maximum Gasteiger partial charge on any atom is 0.0100 e. The highest BCUT2D eigenvalue weighted by molar-refractivity contribution is 4.90. The Kier molecular flexibility index (Phi) is 3.39. The molecule has 78 valence electrons. The van der Waals surface area contributed by atoms with Gasteiger partial charge in [0.15, 0.2) is 0 Å². The zero-order valence-electron chi connectivity index (χ0n) is 9.64. The zero-order chi connectivity index (χ0) is 10.1. The van der Waals surface area contributed by atoms with Crippen LogP contribution in [-0.4, -0.2) is 6.04 Å². The Balaban J connectivity index is 2.65. The molecule has 0 spiro atoms. The van der Waals surface area contributed by atoms with Crippen molar-refractivity contribution >= 4 is 0 Å². The summed E-state index contributed by atoms with van der Waals surface area (Å²) in [4.78, 5) is 0. The Hall–Kier alpha value is -0.0400. The van der Waals surface area contributed by atoms with Gasteiger partial charge in [0.1, 0.15) is 0 Å². The van der Waals surface area contributed by atoms with Crippen LogP contribution >= 0.6 is 0 Å². The van der Waals surface area contributed by atoms with Gasteiger partial charge in [-0.3, -0.25) is 0 Å². The van der Waals surface area contributed by atoms with Crippen molar-refractivity contribution in [2.24, 2.45) is 23.0 Å². The molecule has 1 aliphatic carbocycles. The lowest BCUT2D eigenvalue weighted by Gasteiger charge is -2.42. The average Bonchev–Trinajstić information content (AvgIpc) is 2.02. The molecule has 1 saturated carbocycles. The fourth-order valence-corrected chi connectivity index (χ4v) is 2.80. The first-order valence-corrected chi connectivity index (χ1v) is 5.72. The van der Waals surface area contributed by atoms with E-state index in [1.807, 2.05) is 0 Å². The third-order valence-corrected chi connectivity index (χ3v) is 3.74. The molecular formula is C12H25N. The molecule has 13 heavy (non-hydrogen) atoms. The minimum Gasteiger partial charge on any atom is -0.327 e. The molecule has 1 aliphatic rings. The van der Waals surface area contributed by atoms with Crippen LogP contribution in [0.25, 0.3) is 0 Å². The van der Waals surface area contributed by atoms with Gasteiger partial charge in [-0.1, -0.05) is 40.5 Å². The van der Waals surface area contributed by atoms with Gasteiger partial charge >= 0.3 is 0 Å². The molecule has 0 aliphatic heterocycles. The summed E-state index contributed by atoms with van der Waals surface area (Å²) in [5.74, 6) is 1.50. The lowest BCUT2D eigenvalue weighted by molar-refractivity contribution is 0.110. The third kappa shape index (κ3) is 2.46. The quantitative estimate of drug-likeness (QED) is 0.664. The summed E-state index contributed by atoms with van der Waals surface area (Å²) in [5.41, 5.74) is 6.72. The van der Waals surface area contributed by atoms with Gasteiger partial charge in [-0.2, -0.15) is 0 Å². The van der Waals surface area contributed by atoms with E-state index >= 15 is 0 Å². The summed E-state index contributed by atoms with van der Waals surface area (Å²) in [6.45, 7) is 9.26. The molecule has 1 nitrogen and oxygen atoms in total. The molecule has 0 radical (unpaired) electrons. The predicted molar refractivity (Wildman–Crippen MR) is 58.6 cm³/mol. The maximum absolute atomic E-state index is 6.32. The van der Waals surface area contributed by atoms with Crippen LogP contribution in [-0.2, 0) is 0 Å². The van der Waals surface area contributed by atoms with E-state index in [9.17, 15) is 0 Å². The molecular weight excluding hydrogens is 158 g/mol. The van der Waals surface area contributed by atoms with E-state index < -0.39 is 0 Å². The molecule has 2 N–H and O–H groups in total. The summed E-state index contributed by atoms with van der Waals surface area (Å²) >= 11 is 0. The molecule has 0 aromatic heterocycles. The number of rotatable bonds is 1. The largest absolute Gasteiger partial charge is 0.327 e. The molecule has 0 aromatic rings. The van der Waals surface area contributed by atoms with E-state index in [0.29, 0.717) is 11.5 Å². The summed E-state index contributed by atoms with van der Waals surface area (Å²) in [6, 6.07) is 0.443. The fraction of sp³-hybridized carbons (Fsp3) is 1.00. The van der Waals surface area contributed by atoms with Gasteiger partial charge in [-0.25, -0.2) is 0 Å². The minimum absolute atomic E-state index is 0.396. The van der Waals surface area contributed by atoms with Crippen molar-refractivity contribution in [2.75, 3.05) is 0 Å². The summed E-state index contributed by atoms with van der Waals surface area (Å²) in [5, 5.41) is 0. The van der Waals surface area contributed by atoms with Crippen molar-refractivity contribution in [2.45, 2.75) is 59.4 Å². The molecule has 3 unspecified atom stereocenters. The Morgan fingerprint density at radius 3 is 2.31 bits per heavy atom. The number of nitrogens with two attached hydrogens (primary N) is 1. The molecule has 0 amide bonds. The van der Waals surface area contributed by atoms with E-state index in [0.717, 1.165) is 11.8 Å². The van der Waals surface area contributed by atoms with Crippen molar-refractivity contribution < 1.29 is 0 Å². The highest BCUT2D eigenvalue weighted by Crippen LogP contribution is 2.40. The van der Waals surface area contributed by atoms with Crippen molar-refractivity contribution in [3.63, 3.8) is 0 Å². The van der Waals surface area contributed by atoms with Gasteiger partial charge in [-0.05, 0) is 30.1 Å². The highest BCUT2D eigenvalue weighted by Gasteiger charge is 2.36. The van der Waals surface area contributed by atoms with Crippen LogP contribution in [0.3, 0.4) is 0 Å². The van der Waals surface area contributed by atoms with E-state index in [1.54, 1.807) is 0 Å². The average molecular weight is 183 g/mol. The van der Waals surface area contributed by atoms with Crippen LogP contribution < -0.4 is 5.73 Å². The Bertz CT molecular complexity index is 157. The first kappa shape index (κ1) is 11.0. The third-order valence-electron chi connectivity index (χ3n) is 3.74. The molecule has 0 bridgehead atoms. The van der Waals surface area contributed by atoms with Crippen molar-refractivity contribution in [1.29, 1.82) is 0 Å². The normalized spacial score (nSPS) is 36.2. The van der Waals surface area contributed by atoms with Crippen molar-refractivity contribution in [1.82, 2.24) is 0 Å². The molecule has 0 heterocycles. The molecule has 1 fully saturated rings. The van der Waals surface area contributed by atoms with E-state index in [4.69, 9.17) is 5.73 Å². The second-order valence-electron chi connectivity index (χ2n) is 5.65. The Morgan fingerprint density at radius 2 is 1.85 bits per heavy atom. The molecule has 1 rings (SSSR count). The molecule has 1 heteroatoms. The first-order chi connectivity index (χ1) is 5.96. The van der Waals surface area contributed by atoms with Crippen LogP contribution in [0.5, 0.6) is 0 Å². The van der Waals surface area contributed by atoms with Crippen molar-refractivity contribution in [3.05, 3.63) is 0 Å². The topological polar surface area (TPSA) is 26.0 Å². The van der Waals surface area contributed by atoms with Gasteiger partial charge in [0.25, 0.3) is 0 Å². The summed E-state index contributed by atoms with van der Waals surface area (Å²) < 4.78 is 0. The SMILES string of the molecule is CCC1CCCC(C(C)(C)C)C1N. The Labute approximate surface area is 83.1 Å². The van der Waals surface area contributed by atoms with Gasteiger partial charge in [-0.15, -0.1) is 0 Å². The number of hydrogen-bond donors (Lipinski definition) is 1. The first-order valence-electron chi connectivity index (χ1n) is 5.72. The molecule has 3 atom stereocenters. The van der Waals surface area contributed by atoms with Crippen LogP contribution in [0.1, 0.15) is 53.4 Å². The minimum atomic E-state index is 0.396. The lowest BCUT2D eigenvalue weighted by atomic mass is 9.66. The summed E-state index contributed by atoms with van der Waals surface area (Å²) in [6.07, 6.45) is 5.33.